The number of rotatable bonds is 3. The zero-order valence-electron chi connectivity index (χ0n) is 9.18. The lowest BCUT2D eigenvalue weighted by molar-refractivity contribution is -0.147. The maximum atomic E-state index is 9.72. The molecule has 82 valence electrons. The number of hydrogen-bond acceptors (Lipinski definition) is 3. The maximum absolute atomic E-state index is 9.72. The Morgan fingerprint density at radius 2 is 2.47 bits per heavy atom. The molecule has 0 amide bonds. The zero-order valence-corrected chi connectivity index (χ0v) is 9.18. The molecule has 1 aliphatic carbocycles. The van der Waals surface area contributed by atoms with E-state index in [0.29, 0.717) is 0 Å². The Morgan fingerprint density at radius 3 is 3.00 bits per heavy atom. The monoisotopic (exact) mass is 207 g/mol. The summed E-state index contributed by atoms with van der Waals surface area (Å²) in [5.74, 6) is 0.786. The summed E-state index contributed by atoms with van der Waals surface area (Å²) >= 11 is 0. The van der Waals surface area contributed by atoms with Gasteiger partial charge in [0, 0.05) is 18.0 Å². The van der Waals surface area contributed by atoms with Gasteiger partial charge in [-0.15, -0.1) is 0 Å². The molecule has 1 heterocycles. The second-order valence-corrected chi connectivity index (χ2v) is 4.41. The van der Waals surface area contributed by atoms with Gasteiger partial charge in [0.1, 0.15) is 11.9 Å². The van der Waals surface area contributed by atoms with Gasteiger partial charge in [-0.05, 0) is 18.6 Å². The van der Waals surface area contributed by atoms with Gasteiger partial charge in [0.05, 0.1) is 12.3 Å². The smallest absolute Gasteiger partial charge is 0.138 e. The predicted molar refractivity (Wildman–Crippen MR) is 57.7 cm³/mol. The van der Waals surface area contributed by atoms with Crippen LogP contribution in [0.15, 0.2) is 24.5 Å². The van der Waals surface area contributed by atoms with Crippen LogP contribution in [0.1, 0.15) is 26.7 Å². The highest BCUT2D eigenvalue weighted by Crippen LogP contribution is 2.45. The van der Waals surface area contributed by atoms with E-state index in [0.717, 1.165) is 18.6 Å². The molecule has 0 aliphatic heterocycles. The molecule has 0 radical (unpaired) electrons. The van der Waals surface area contributed by atoms with Gasteiger partial charge in [-0.25, -0.2) is 0 Å². The SMILES string of the molecule is CCC1(C)C(O)CC1Oc1cccnc1. The predicted octanol–water partition coefficient (Wildman–Crippen LogP) is 2.01. The topological polar surface area (TPSA) is 42.4 Å². The Morgan fingerprint density at radius 1 is 1.67 bits per heavy atom. The van der Waals surface area contributed by atoms with Gasteiger partial charge in [0.15, 0.2) is 0 Å². The summed E-state index contributed by atoms with van der Waals surface area (Å²) in [7, 11) is 0. The first-order chi connectivity index (χ1) is 7.16. The Bertz CT molecular complexity index is 328. The molecular weight excluding hydrogens is 190 g/mol. The van der Waals surface area contributed by atoms with E-state index in [9.17, 15) is 5.11 Å². The van der Waals surface area contributed by atoms with Gasteiger partial charge < -0.3 is 9.84 Å². The molecule has 1 aromatic heterocycles. The molecule has 3 unspecified atom stereocenters. The average molecular weight is 207 g/mol. The van der Waals surface area contributed by atoms with Crippen LogP contribution >= 0.6 is 0 Å². The third kappa shape index (κ3) is 1.72. The second kappa shape index (κ2) is 3.81. The highest BCUT2D eigenvalue weighted by atomic mass is 16.5. The minimum absolute atomic E-state index is 0.101. The number of hydrogen-bond donors (Lipinski definition) is 1. The molecule has 3 atom stereocenters. The number of ether oxygens (including phenoxy) is 1. The van der Waals surface area contributed by atoms with Crippen LogP contribution in [-0.4, -0.2) is 22.3 Å². The number of aliphatic hydroxyl groups excluding tert-OH is 1. The Kier molecular flexibility index (Phi) is 2.65. The molecule has 1 aromatic rings. The van der Waals surface area contributed by atoms with E-state index in [1.165, 1.54) is 0 Å². The molecule has 0 spiro atoms. The van der Waals surface area contributed by atoms with E-state index in [1.807, 2.05) is 12.1 Å². The Hall–Kier alpha value is -1.09. The van der Waals surface area contributed by atoms with Crippen LogP contribution < -0.4 is 4.74 Å². The third-order valence-electron chi connectivity index (χ3n) is 3.61. The van der Waals surface area contributed by atoms with Crippen molar-refractivity contribution in [3.05, 3.63) is 24.5 Å². The van der Waals surface area contributed by atoms with E-state index in [1.54, 1.807) is 12.4 Å². The summed E-state index contributed by atoms with van der Waals surface area (Å²) in [6, 6.07) is 3.75. The van der Waals surface area contributed by atoms with Crippen molar-refractivity contribution in [1.29, 1.82) is 0 Å². The molecule has 2 rings (SSSR count). The van der Waals surface area contributed by atoms with Gasteiger partial charge in [-0.3, -0.25) is 4.98 Å². The lowest BCUT2D eigenvalue weighted by atomic mass is 9.63. The summed E-state index contributed by atoms with van der Waals surface area (Å²) in [6.07, 6.45) is 4.96. The molecule has 0 saturated heterocycles. The highest BCUT2D eigenvalue weighted by molar-refractivity contribution is 5.17. The van der Waals surface area contributed by atoms with Crippen LogP contribution in [0.3, 0.4) is 0 Å². The minimum atomic E-state index is -0.232. The molecule has 1 aliphatic rings. The van der Waals surface area contributed by atoms with Gasteiger partial charge in [0.25, 0.3) is 0 Å². The number of aromatic nitrogens is 1. The summed E-state index contributed by atoms with van der Waals surface area (Å²) in [5.41, 5.74) is -0.101. The van der Waals surface area contributed by atoms with Crippen LogP contribution in [0.5, 0.6) is 5.75 Å². The Labute approximate surface area is 90.1 Å². The largest absolute Gasteiger partial charge is 0.488 e. The maximum Gasteiger partial charge on any atom is 0.138 e. The van der Waals surface area contributed by atoms with Crippen molar-refractivity contribution < 1.29 is 9.84 Å². The van der Waals surface area contributed by atoms with Crippen molar-refractivity contribution in [2.24, 2.45) is 5.41 Å². The van der Waals surface area contributed by atoms with Crippen molar-refractivity contribution in [1.82, 2.24) is 4.98 Å². The fourth-order valence-electron chi connectivity index (χ4n) is 2.02. The molecule has 3 nitrogen and oxygen atoms in total. The summed E-state index contributed by atoms with van der Waals surface area (Å²) in [5, 5.41) is 9.72. The molecular formula is C12H17NO2. The molecule has 1 fully saturated rings. The van der Waals surface area contributed by atoms with Gasteiger partial charge in [-0.1, -0.05) is 13.8 Å². The minimum Gasteiger partial charge on any atom is -0.488 e. The van der Waals surface area contributed by atoms with Crippen molar-refractivity contribution in [2.45, 2.75) is 38.9 Å². The van der Waals surface area contributed by atoms with Gasteiger partial charge in [0.2, 0.25) is 0 Å². The van der Waals surface area contributed by atoms with Crippen LogP contribution in [0.4, 0.5) is 0 Å². The van der Waals surface area contributed by atoms with Crippen molar-refractivity contribution in [3.63, 3.8) is 0 Å². The van der Waals surface area contributed by atoms with E-state index in [-0.39, 0.29) is 17.6 Å². The van der Waals surface area contributed by atoms with Crippen LogP contribution in [-0.2, 0) is 0 Å². The van der Waals surface area contributed by atoms with Gasteiger partial charge >= 0.3 is 0 Å². The van der Waals surface area contributed by atoms with Crippen molar-refractivity contribution in [3.8, 4) is 5.75 Å². The highest BCUT2D eigenvalue weighted by Gasteiger charge is 2.51. The molecule has 15 heavy (non-hydrogen) atoms. The fourth-order valence-corrected chi connectivity index (χ4v) is 2.02. The zero-order chi connectivity index (χ0) is 10.9. The lowest BCUT2D eigenvalue weighted by Gasteiger charge is -2.50. The fraction of sp³-hybridized carbons (Fsp3) is 0.583. The molecule has 0 bridgehead atoms. The average Bonchev–Trinajstić information content (AvgIpc) is 2.29. The third-order valence-corrected chi connectivity index (χ3v) is 3.61. The number of aliphatic hydroxyl groups is 1. The van der Waals surface area contributed by atoms with Crippen LogP contribution in [0.2, 0.25) is 0 Å². The Balaban J connectivity index is 2.03. The van der Waals surface area contributed by atoms with Crippen molar-refractivity contribution in [2.75, 3.05) is 0 Å². The summed E-state index contributed by atoms with van der Waals surface area (Å²) in [4.78, 5) is 4.00. The molecule has 3 heteroatoms. The standard InChI is InChI=1S/C12H17NO2/c1-3-12(2)10(14)7-11(12)15-9-5-4-6-13-8-9/h4-6,8,10-11,14H,3,7H2,1-2H3. The van der Waals surface area contributed by atoms with Crippen LogP contribution in [0, 0.1) is 5.41 Å². The molecule has 1 saturated carbocycles. The first-order valence-corrected chi connectivity index (χ1v) is 5.41. The summed E-state index contributed by atoms with van der Waals surface area (Å²) in [6.45, 7) is 4.16. The molecule has 1 N–H and O–H groups in total. The van der Waals surface area contributed by atoms with Crippen LogP contribution in [0.25, 0.3) is 0 Å². The second-order valence-electron chi connectivity index (χ2n) is 4.41. The van der Waals surface area contributed by atoms with Gasteiger partial charge in [-0.2, -0.15) is 0 Å². The molecule has 0 aromatic carbocycles. The number of nitrogens with zero attached hydrogens (tertiary/aromatic N) is 1. The quantitative estimate of drug-likeness (QED) is 0.824. The van der Waals surface area contributed by atoms with Crippen molar-refractivity contribution >= 4 is 0 Å². The normalized spacial score (nSPS) is 34.6. The lowest BCUT2D eigenvalue weighted by Crippen LogP contribution is -2.57. The van der Waals surface area contributed by atoms with E-state index < -0.39 is 0 Å². The van der Waals surface area contributed by atoms with E-state index in [2.05, 4.69) is 18.8 Å². The summed E-state index contributed by atoms with van der Waals surface area (Å²) < 4.78 is 5.80. The number of pyridine rings is 1. The van der Waals surface area contributed by atoms with E-state index in [4.69, 9.17) is 4.74 Å². The van der Waals surface area contributed by atoms with E-state index >= 15 is 0 Å². The first kappa shape index (κ1) is 10.4. The first-order valence-electron chi connectivity index (χ1n) is 5.41.